The van der Waals surface area contributed by atoms with Gasteiger partial charge in [0, 0.05) is 23.7 Å². The number of rotatable bonds is 5. The lowest BCUT2D eigenvalue weighted by atomic mass is 10.0. The fourth-order valence-corrected chi connectivity index (χ4v) is 3.40. The van der Waals surface area contributed by atoms with Crippen LogP contribution in [0.3, 0.4) is 0 Å². The molecule has 0 aliphatic carbocycles. The van der Waals surface area contributed by atoms with E-state index in [-0.39, 0.29) is 0 Å². The molecule has 0 fully saturated rings. The molecule has 2 aromatic carbocycles. The first kappa shape index (κ1) is 16.5. The minimum absolute atomic E-state index is 0.841. The lowest BCUT2D eigenvalue weighted by Gasteiger charge is -2.05. The molecule has 4 rings (SSSR count). The van der Waals surface area contributed by atoms with E-state index in [0.29, 0.717) is 0 Å². The number of benzene rings is 2. The third-order valence-electron chi connectivity index (χ3n) is 4.04. The smallest absolute Gasteiger partial charge is 0.119 e. The number of nitrogens with zero attached hydrogens (tertiary/aromatic N) is 3. The van der Waals surface area contributed by atoms with E-state index in [1.807, 2.05) is 30.5 Å². The van der Waals surface area contributed by atoms with Crippen molar-refractivity contribution in [1.29, 1.82) is 0 Å². The molecule has 0 saturated heterocycles. The number of hydrogen-bond acceptors (Lipinski definition) is 4. The summed E-state index contributed by atoms with van der Waals surface area (Å²) in [5.74, 6) is 0.841. The summed E-state index contributed by atoms with van der Waals surface area (Å²) in [6, 6.07) is 26.9. The average molecular weight is 355 g/mol. The van der Waals surface area contributed by atoms with Gasteiger partial charge in [0.05, 0.1) is 5.69 Å². The summed E-state index contributed by atoms with van der Waals surface area (Å²) in [7, 11) is 0. The van der Waals surface area contributed by atoms with Gasteiger partial charge in [-0.3, -0.25) is 4.98 Å². The second-order valence-corrected chi connectivity index (χ2v) is 6.85. The van der Waals surface area contributed by atoms with Gasteiger partial charge in [-0.15, -0.1) is 10.2 Å². The summed E-state index contributed by atoms with van der Waals surface area (Å²) < 4.78 is 0. The lowest BCUT2D eigenvalue weighted by molar-refractivity contribution is 0.935. The monoisotopic (exact) mass is 355 g/mol. The van der Waals surface area contributed by atoms with Crippen LogP contribution in [0, 0.1) is 0 Å². The Hall–Kier alpha value is -2.98. The van der Waals surface area contributed by atoms with Gasteiger partial charge in [-0.2, -0.15) is 0 Å². The van der Waals surface area contributed by atoms with Crippen LogP contribution in [0.4, 0.5) is 0 Å². The van der Waals surface area contributed by atoms with Crippen LogP contribution in [0.1, 0.15) is 5.56 Å². The normalized spacial score (nSPS) is 10.6. The van der Waals surface area contributed by atoms with Gasteiger partial charge in [-0.05, 0) is 34.9 Å². The Labute approximate surface area is 157 Å². The zero-order chi connectivity index (χ0) is 17.6. The van der Waals surface area contributed by atoms with Crippen molar-refractivity contribution in [3.05, 3.63) is 96.8 Å². The van der Waals surface area contributed by atoms with Gasteiger partial charge >= 0.3 is 0 Å². The fraction of sp³-hybridized carbons (Fsp3) is 0.0455. The van der Waals surface area contributed by atoms with E-state index in [1.165, 1.54) is 16.7 Å². The van der Waals surface area contributed by atoms with Crippen molar-refractivity contribution in [3.8, 4) is 22.4 Å². The van der Waals surface area contributed by atoms with E-state index in [4.69, 9.17) is 0 Å². The summed E-state index contributed by atoms with van der Waals surface area (Å²) in [4.78, 5) is 4.13. The van der Waals surface area contributed by atoms with Gasteiger partial charge in [0.1, 0.15) is 5.03 Å². The topological polar surface area (TPSA) is 38.7 Å². The van der Waals surface area contributed by atoms with Crippen LogP contribution in [0.25, 0.3) is 22.4 Å². The van der Waals surface area contributed by atoms with Crippen molar-refractivity contribution in [1.82, 2.24) is 15.2 Å². The highest BCUT2D eigenvalue weighted by Crippen LogP contribution is 2.25. The molecule has 126 valence electrons. The van der Waals surface area contributed by atoms with E-state index in [2.05, 4.69) is 69.8 Å². The second-order valence-electron chi connectivity index (χ2n) is 5.85. The van der Waals surface area contributed by atoms with Crippen molar-refractivity contribution in [2.24, 2.45) is 0 Å². The van der Waals surface area contributed by atoms with Crippen LogP contribution in [0.15, 0.2) is 96.3 Å². The molecule has 2 heterocycles. The van der Waals surface area contributed by atoms with Crippen molar-refractivity contribution in [3.63, 3.8) is 0 Å². The Morgan fingerprint density at radius 3 is 2.12 bits per heavy atom. The summed E-state index contributed by atoms with van der Waals surface area (Å²) in [6.45, 7) is 0. The van der Waals surface area contributed by atoms with Gasteiger partial charge in [0.15, 0.2) is 0 Å². The number of pyridine rings is 1. The lowest BCUT2D eigenvalue weighted by Crippen LogP contribution is -1.90. The summed E-state index contributed by atoms with van der Waals surface area (Å²) in [5.41, 5.74) is 5.55. The first-order chi connectivity index (χ1) is 12.9. The molecule has 0 spiro atoms. The maximum Gasteiger partial charge on any atom is 0.119 e. The number of hydrogen-bond donors (Lipinski definition) is 0. The third-order valence-corrected chi connectivity index (χ3v) is 5.03. The van der Waals surface area contributed by atoms with Crippen LogP contribution in [0.5, 0.6) is 0 Å². The molecule has 4 aromatic rings. The first-order valence-corrected chi connectivity index (χ1v) is 9.38. The van der Waals surface area contributed by atoms with E-state index in [1.54, 1.807) is 18.0 Å². The molecule has 4 heteroatoms. The molecule has 26 heavy (non-hydrogen) atoms. The quantitative estimate of drug-likeness (QED) is 0.443. The Morgan fingerprint density at radius 2 is 1.42 bits per heavy atom. The van der Waals surface area contributed by atoms with Crippen LogP contribution < -0.4 is 0 Å². The Balaban J connectivity index is 1.45. The van der Waals surface area contributed by atoms with E-state index >= 15 is 0 Å². The zero-order valence-corrected chi connectivity index (χ0v) is 14.9. The van der Waals surface area contributed by atoms with E-state index < -0.39 is 0 Å². The first-order valence-electron chi connectivity index (χ1n) is 8.40. The molecule has 0 bridgehead atoms. The molecule has 0 aliphatic rings. The van der Waals surface area contributed by atoms with Crippen LogP contribution in [-0.4, -0.2) is 15.2 Å². The molecule has 0 radical (unpaired) electrons. The number of thioether (sulfide) groups is 1. The third kappa shape index (κ3) is 3.98. The van der Waals surface area contributed by atoms with Gasteiger partial charge in [-0.1, -0.05) is 72.4 Å². The highest BCUT2D eigenvalue weighted by Gasteiger charge is 2.04. The number of aromatic nitrogens is 3. The van der Waals surface area contributed by atoms with E-state index in [0.717, 1.165) is 22.0 Å². The largest absolute Gasteiger partial charge is 0.264 e. The molecular formula is C22H17N3S. The molecule has 0 aliphatic heterocycles. The van der Waals surface area contributed by atoms with Gasteiger partial charge in [0.2, 0.25) is 0 Å². The highest BCUT2D eigenvalue weighted by molar-refractivity contribution is 7.98. The summed E-state index contributed by atoms with van der Waals surface area (Å²) in [5, 5.41) is 9.64. The van der Waals surface area contributed by atoms with Gasteiger partial charge in [0.25, 0.3) is 0 Å². The molecule has 0 saturated carbocycles. The maximum atomic E-state index is 4.38. The summed E-state index contributed by atoms with van der Waals surface area (Å²) in [6.07, 6.45) is 3.66. The summed E-state index contributed by atoms with van der Waals surface area (Å²) >= 11 is 1.66. The maximum absolute atomic E-state index is 4.38. The molecular weight excluding hydrogens is 338 g/mol. The van der Waals surface area contributed by atoms with Crippen molar-refractivity contribution in [2.75, 3.05) is 0 Å². The minimum Gasteiger partial charge on any atom is -0.264 e. The second kappa shape index (κ2) is 7.93. The molecule has 0 atom stereocenters. The van der Waals surface area contributed by atoms with Crippen molar-refractivity contribution >= 4 is 11.8 Å². The molecule has 0 amide bonds. The zero-order valence-electron chi connectivity index (χ0n) is 14.1. The fourth-order valence-electron chi connectivity index (χ4n) is 2.66. The van der Waals surface area contributed by atoms with Crippen molar-refractivity contribution in [2.45, 2.75) is 10.8 Å². The highest BCUT2D eigenvalue weighted by atomic mass is 32.2. The van der Waals surface area contributed by atoms with Crippen molar-refractivity contribution < 1.29 is 0 Å². The van der Waals surface area contributed by atoms with Crippen LogP contribution in [-0.2, 0) is 5.75 Å². The Bertz CT molecular complexity index is 954. The molecule has 0 unspecified atom stereocenters. The predicted octanol–water partition coefficient (Wildman–Crippen LogP) is 5.50. The molecule has 0 N–H and O–H groups in total. The minimum atomic E-state index is 0.841. The Morgan fingerprint density at radius 1 is 0.654 bits per heavy atom. The molecule has 3 nitrogen and oxygen atoms in total. The standard InChI is InChI=1S/C22H17N3S/c1-2-6-18(7-3-1)19-8-10-20(11-9-19)21-12-13-22(25-24-21)26-16-17-5-4-14-23-15-17/h1-15H,16H2. The van der Waals surface area contributed by atoms with E-state index in [9.17, 15) is 0 Å². The van der Waals surface area contributed by atoms with Crippen LogP contribution in [0.2, 0.25) is 0 Å². The van der Waals surface area contributed by atoms with Crippen LogP contribution >= 0.6 is 11.8 Å². The van der Waals surface area contributed by atoms with Gasteiger partial charge < -0.3 is 0 Å². The SMILES string of the molecule is c1ccc(-c2ccc(-c3ccc(SCc4cccnc4)nn3)cc2)cc1. The van der Waals surface area contributed by atoms with Gasteiger partial charge in [-0.25, -0.2) is 0 Å². The Kier molecular flexibility index (Phi) is 5.03. The molecule has 2 aromatic heterocycles. The predicted molar refractivity (Wildman–Crippen MR) is 107 cm³/mol. The average Bonchev–Trinajstić information content (AvgIpc) is 2.74.